The molecule has 1 unspecified atom stereocenters. The highest BCUT2D eigenvalue weighted by Crippen LogP contribution is 2.34. The zero-order valence-corrected chi connectivity index (χ0v) is 11.4. The summed E-state index contributed by atoms with van der Waals surface area (Å²) in [7, 11) is 0. The number of hydrogen-bond acceptors (Lipinski definition) is 2. The SMILES string of the molecule is Cc1cc(NCC2Cc3ccccc32)ccc1C(=O)O. The van der Waals surface area contributed by atoms with Crippen LogP contribution in [0.4, 0.5) is 5.69 Å². The van der Waals surface area contributed by atoms with Gasteiger partial charge in [0.05, 0.1) is 5.56 Å². The van der Waals surface area contributed by atoms with Gasteiger partial charge >= 0.3 is 5.97 Å². The predicted molar refractivity (Wildman–Crippen MR) is 79.5 cm³/mol. The third-order valence-corrected chi connectivity index (χ3v) is 3.97. The molecule has 0 amide bonds. The molecule has 1 aliphatic rings. The van der Waals surface area contributed by atoms with E-state index in [9.17, 15) is 4.79 Å². The first kappa shape index (κ1) is 12.7. The molecule has 20 heavy (non-hydrogen) atoms. The second-order valence-corrected chi connectivity index (χ2v) is 5.32. The molecule has 0 saturated heterocycles. The van der Waals surface area contributed by atoms with Gasteiger partial charge in [0.15, 0.2) is 0 Å². The van der Waals surface area contributed by atoms with Gasteiger partial charge in [0.1, 0.15) is 0 Å². The summed E-state index contributed by atoms with van der Waals surface area (Å²) in [6.45, 7) is 2.72. The van der Waals surface area contributed by atoms with E-state index >= 15 is 0 Å². The smallest absolute Gasteiger partial charge is 0.335 e. The van der Waals surface area contributed by atoms with Crippen LogP contribution in [0.2, 0.25) is 0 Å². The van der Waals surface area contributed by atoms with Gasteiger partial charge in [-0.1, -0.05) is 24.3 Å². The van der Waals surface area contributed by atoms with Crippen molar-refractivity contribution in [2.45, 2.75) is 19.3 Å². The fourth-order valence-corrected chi connectivity index (χ4v) is 2.80. The second kappa shape index (κ2) is 5.00. The Balaban J connectivity index is 1.66. The van der Waals surface area contributed by atoms with Gasteiger partial charge < -0.3 is 10.4 Å². The zero-order chi connectivity index (χ0) is 14.1. The molecule has 1 atom stereocenters. The number of carboxylic acids is 1. The van der Waals surface area contributed by atoms with E-state index in [-0.39, 0.29) is 0 Å². The summed E-state index contributed by atoms with van der Waals surface area (Å²) in [5, 5.41) is 12.4. The maximum absolute atomic E-state index is 11.0. The number of rotatable bonds is 4. The van der Waals surface area contributed by atoms with Crippen molar-refractivity contribution in [3.05, 3.63) is 64.7 Å². The summed E-state index contributed by atoms with van der Waals surface area (Å²) in [6.07, 6.45) is 1.12. The molecule has 0 aromatic heterocycles. The van der Waals surface area contributed by atoms with Gasteiger partial charge in [0, 0.05) is 18.2 Å². The third-order valence-electron chi connectivity index (χ3n) is 3.97. The number of nitrogens with one attached hydrogen (secondary N) is 1. The van der Waals surface area contributed by atoms with Crippen LogP contribution < -0.4 is 5.32 Å². The first-order chi connectivity index (χ1) is 9.65. The first-order valence-electron chi connectivity index (χ1n) is 6.81. The summed E-state index contributed by atoms with van der Waals surface area (Å²) < 4.78 is 0. The first-order valence-corrected chi connectivity index (χ1v) is 6.81. The fourth-order valence-electron chi connectivity index (χ4n) is 2.80. The van der Waals surface area contributed by atoms with Crippen molar-refractivity contribution < 1.29 is 9.90 Å². The van der Waals surface area contributed by atoms with Gasteiger partial charge in [-0.05, 0) is 48.2 Å². The molecular formula is C17H17NO2. The van der Waals surface area contributed by atoms with Gasteiger partial charge in [-0.25, -0.2) is 4.79 Å². The molecule has 0 radical (unpaired) electrons. The molecule has 3 rings (SSSR count). The van der Waals surface area contributed by atoms with Crippen LogP contribution in [0.25, 0.3) is 0 Å². The molecule has 102 valence electrons. The molecule has 0 aliphatic heterocycles. The molecular weight excluding hydrogens is 250 g/mol. The second-order valence-electron chi connectivity index (χ2n) is 5.32. The van der Waals surface area contributed by atoms with E-state index < -0.39 is 5.97 Å². The summed E-state index contributed by atoms with van der Waals surface area (Å²) in [6, 6.07) is 13.9. The van der Waals surface area contributed by atoms with Crippen molar-refractivity contribution in [1.29, 1.82) is 0 Å². The predicted octanol–water partition coefficient (Wildman–Crippen LogP) is 3.45. The van der Waals surface area contributed by atoms with Crippen LogP contribution in [0, 0.1) is 6.92 Å². The Hall–Kier alpha value is -2.29. The Kier molecular flexibility index (Phi) is 3.18. The molecule has 2 N–H and O–H groups in total. The van der Waals surface area contributed by atoms with Gasteiger partial charge in [0.25, 0.3) is 0 Å². The van der Waals surface area contributed by atoms with Crippen molar-refractivity contribution in [3.8, 4) is 0 Å². The van der Waals surface area contributed by atoms with Gasteiger partial charge in [-0.2, -0.15) is 0 Å². The van der Waals surface area contributed by atoms with Crippen LogP contribution in [-0.2, 0) is 6.42 Å². The van der Waals surface area contributed by atoms with Crippen LogP contribution in [0.5, 0.6) is 0 Å². The van der Waals surface area contributed by atoms with E-state index in [4.69, 9.17) is 5.11 Å². The Bertz CT molecular complexity index is 664. The monoisotopic (exact) mass is 267 g/mol. The number of hydrogen-bond donors (Lipinski definition) is 2. The lowest BCUT2D eigenvalue weighted by Crippen LogP contribution is -2.24. The van der Waals surface area contributed by atoms with Crippen LogP contribution in [0.3, 0.4) is 0 Å². The molecule has 0 heterocycles. The van der Waals surface area contributed by atoms with Gasteiger partial charge in [-0.15, -0.1) is 0 Å². The molecule has 3 nitrogen and oxygen atoms in total. The van der Waals surface area contributed by atoms with E-state index in [1.807, 2.05) is 19.1 Å². The molecule has 1 aliphatic carbocycles. The highest BCUT2D eigenvalue weighted by molar-refractivity contribution is 5.89. The topological polar surface area (TPSA) is 49.3 Å². The largest absolute Gasteiger partial charge is 0.478 e. The van der Waals surface area contributed by atoms with E-state index in [2.05, 4.69) is 29.6 Å². The molecule has 0 saturated carbocycles. The van der Waals surface area contributed by atoms with Gasteiger partial charge in [-0.3, -0.25) is 0 Å². The Labute approximate surface area is 118 Å². The van der Waals surface area contributed by atoms with Crippen molar-refractivity contribution in [3.63, 3.8) is 0 Å². The molecule has 2 aromatic carbocycles. The summed E-state index contributed by atoms with van der Waals surface area (Å²) >= 11 is 0. The summed E-state index contributed by atoms with van der Waals surface area (Å²) in [5.41, 5.74) is 5.01. The Morgan fingerprint density at radius 3 is 2.80 bits per heavy atom. The molecule has 0 fully saturated rings. The average Bonchev–Trinajstić information content (AvgIpc) is 2.39. The fraction of sp³-hybridized carbons (Fsp3) is 0.235. The highest BCUT2D eigenvalue weighted by atomic mass is 16.4. The minimum atomic E-state index is -0.873. The standard InChI is InChI=1S/C17H17NO2/c1-11-8-14(6-7-15(11)17(19)20)18-10-13-9-12-4-2-3-5-16(12)13/h2-8,13,18H,9-10H2,1H3,(H,19,20). The molecule has 0 spiro atoms. The van der Waals surface area contributed by atoms with Crippen LogP contribution in [-0.4, -0.2) is 17.6 Å². The number of aromatic carboxylic acids is 1. The lowest BCUT2D eigenvalue weighted by Gasteiger charge is -2.30. The quantitative estimate of drug-likeness (QED) is 0.892. The third kappa shape index (κ3) is 2.27. The van der Waals surface area contributed by atoms with Crippen LogP contribution >= 0.6 is 0 Å². The average molecular weight is 267 g/mol. The number of carboxylic acid groups (broad SMARTS) is 1. The number of benzene rings is 2. The normalized spacial score (nSPS) is 16.1. The van der Waals surface area contributed by atoms with E-state index in [0.29, 0.717) is 11.5 Å². The van der Waals surface area contributed by atoms with E-state index in [0.717, 1.165) is 24.2 Å². The zero-order valence-electron chi connectivity index (χ0n) is 11.4. The van der Waals surface area contributed by atoms with Crippen LogP contribution in [0.1, 0.15) is 33.0 Å². The number of carbonyl (C=O) groups is 1. The van der Waals surface area contributed by atoms with Crippen molar-refractivity contribution >= 4 is 11.7 Å². The number of fused-ring (bicyclic) bond motifs is 1. The van der Waals surface area contributed by atoms with E-state index in [1.54, 1.807) is 6.07 Å². The molecule has 3 heteroatoms. The van der Waals surface area contributed by atoms with Crippen molar-refractivity contribution in [2.24, 2.45) is 0 Å². The number of anilines is 1. The minimum Gasteiger partial charge on any atom is -0.478 e. The summed E-state index contributed by atoms with van der Waals surface area (Å²) in [4.78, 5) is 11.0. The lowest BCUT2D eigenvalue weighted by atomic mass is 9.77. The maximum atomic E-state index is 11.0. The van der Waals surface area contributed by atoms with Gasteiger partial charge in [0.2, 0.25) is 0 Å². The maximum Gasteiger partial charge on any atom is 0.335 e. The number of aryl methyl sites for hydroxylation is 1. The van der Waals surface area contributed by atoms with Crippen molar-refractivity contribution in [2.75, 3.05) is 11.9 Å². The highest BCUT2D eigenvalue weighted by Gasteiger charge is 2.24. The molecule has 2 aromatic rings. The summed E-state index contributed by atoms with van der Waals surface area (Å²) in [5.74, 6) is -0.312. The molecule has 0 bridgehead atoms. The van der Waals surface area contributed by atoms with E-state index in [1.165, 1.54) is 11.1 Å². The minimum absolute atomic E-state index is 0.365. The van der Waals surface area contributed by atoms with Crippen LogP contribution in [0.15, 0.2) is 42.5 Å². The Morgan fingerprint density at radius 2 is 2.10 bits per heavy atom. The lowest BCUT2D eigenvalue weighted by molar-refractivity contribution is 0.0696. The van der Waals surface area contributed by atoms with Crippen molar-refractivity contribution in [1.82, 2.24) is 0 Å². The Morgan fingerprint density at radius 1 is 1.30 bits per heavy atom.